The molecule has 20 heavy (non-hydrogen) atoms. The lowest BCUT2D eigenvalue weighted by Gasteiger charge is -2.16. The molecule has 2 N–H and O–H groups in total. The Morgan fingerprint density at radius 1 is 1.35 bits per heavy atom. The summed E-state index contributed by atoms with van der Waals surface area (Å²) in [5, 5.41) is 13.2. The van der Waals surface area contributed by atoms with Crippen LogP contribution < -0.4 is 5.32 Å². The molecule has 0 spiro atoms. The molecule has 1 aromatic carbocycles. The van der Waals surface area contributed by atoms with Gasteiger partial charge in [0.15, 0.2) is 10.7 Å². The van der Waals surface area contributed by atoms with Gasteiger partial charge in [0.25, 0.3) is 5.91 Å². The fourth-order valence-electron chi connectivity index (χ4n) is 1.80. The van der Waals surface area contributed by atoms with Crippen LogP contribution in [0.4, 0.5) is 0 Å². The van der Waals surface area contributed by atoms with E-state index >= 15 is 0 Å². The van der Waals surface area contributed by atoms with Crippen LogP contribution in [0.5, 0.6) is 0 Å². The second-order valence-electron chi connectivity index (χ2n) is 4.19. The van der Waals surface area contributed by atoms with Gasteiger partial charge in [-0.1, -0.05) is 37.3 Å². The number of hydrogen-bond donors (Lipinski definition) is 2. The smallest absolute Gasteiger partial charge is 0.355 e. The van der Waals surface area contributed by atoms with Crippen LogP contribution >= 0.6 is 11.3 Å². The number of carbonyl (C=O) groups excluding carboxylic acids is 1. The van der Waals surface area contributed by atoms with Crippen molar-refractivity contribution in [1.29, 1.82) is 0 Å². The fourth-order valence-corrected chi connectivity index (χ4v) is 2.50. The van der Waals surface area contributed by atoms with Crippen molar-refractivity contribution in [2.45, 2.75) is 19.4 Å². The predicted molar refractivity (Wildman–Crippen MR) is 76.0 cm³/mol. The average Bonchev–Trinajstić information content (AvgIpc) is 2.95. The highest BCUT2D eigenvalue weighted by Crippen LogP contribution is 2.18. The third-order valence-corrected chi connectivity index (χ3v) is 3.67. The highest BCUT2D eigenvalue weighted by Gasteiger charge is 2.18. The second kappa shape index (κ2) is 6.29. The normalized spacial score (nSPS) is 11.8. The molecule has 1 atom stereocenters. The summed E-state index contributed by atoms with van der Waals surface area (Å²) in [6.45, 7) is 1.97. The molecule has 1 heterocycles. The summed E-state index contributed by atoms with van der Waals surface area (Å²) in [7, 11) is 0. The Bertz CT molecular complexity index is 610. The Hall–Kier alpha value is -2.21. The van der Waals surface area contributed by atoms with Gasteiger partial charge in [0.2, 0.25) is 0 Å². The lowest BCUT2D eigenvalue weighted by molar-refractivity contribution is 0.0691. The average molecular weight is 290 g/mol. The van der Waals surface area contributed by atoms with Crippen molar-refractivity contribution in [3.63, 3.8) is 0 Å². The standard InChI is InChI=1S/C14H14N2O3S/c1-2-10(9-6-4-3-5-7-9)15-12(17)13-16-11(8-20-13)14(18)19/h3-8,10H,2H2,1H3,(H,15,17)(H,18,19). The van der Waals surface area contributed by atoms with Crippen molar-refractivity contribution in [1.82, 2.24) is 10.3 Å². The van der Waals surface area contributed by atoms with Crippen molar-refractivity contribution >= 4 is 23.2 Å². The van der Waals surface area contributed by atoms with Gasteiger partial charge in [-0.05, 0) is 12.0 Å². The van der Waals surface area contributed by atoms with E-state index in [0.29, 0.717) is 0 Å². The molecule has 0 radical (unpaired) electrons. The topological polar surface area (TPSA) is 79.3 Å². The van der Waals surface area contributed by atoms with E-state index in [9.17, 15) is 9.59 Å². The first-order valence-corrected chi connectivity index (χ1v) is 7.04. The van der Waals surface area contributed by atoms with Crippen LogP contribution in [0.15, 0.2) is 35.7 Å². The predicted octanol–water partition coefficient (Wildman–Crippen LogP) is 2.72. The zero-order chi connectivity index (χ0) is 14.5. The molecule has 2 rings (SSSR count). The monoisotopic (exact) mass is 290 g/mol. The molecule has 0 bridgehead atoms. The molecular formula is C14H14N2O3S. The molecule has 1 amide bonds. The number of nitrogens with one attached hydrogen (secondary N) is 1. The van der Waals surface area contributed by atoms with Gasteiger partial charge in [-0.2, -0.15) is 0 Å². The molecule has 1 unspecified atom stereocenters. The largest absolute Gasteiger partial charge is 0.476 e. The molecule has 0 saturated carbocycles. The Morgan fingerprint density at radius 2 is 2.05 bits per heavy atom. The molecule has 0 aliphatic rings. The number of aromatic carboxylic acids is 1. The van der Waals surface area contributed by atoms with E-state index in [-0.39, 0.29) is 22.7 Å². The minimum Gasteiger partial charge on any atom is -0.476 e. The first kappa shape index (κ1) is 14.2. The van der Waals surface area contributed by atoms with Crippen LogP contribution in [-0.4, -0.2) is 22.0 Å². The van der Waals surface area contributed by atoms with Gasteiger partial charge in [0.1, 0.15) is 0 Å². The number of nitrogens with zero attached hydrogens (tertiary/aromatic N) is 1. The first-order valence-electron chi connectivity index (χ1n) is 6.16. The molecule has 0 saturated heterocycles. The number of thiazole rings is 1. The van der Waals surface area contributed by atoms with Gasteiger partial charge < -0.3 is 10.4 Å². The number of carboxylic acids is 1. The summed E-state index contributed by atoms with van der Waals surface area (Å²) in [5.74, 6) is -1.48. The summed E-state index contributed by atoms with van der Waals surface area (Å²) in [6, 6.07) is 9.52. The van der Waals surface area contributed by atoms with Crippen molar-refractivity contribution in [3.05, 3.63) is 52.0 Å². The van der Waals surface area contributed by atoms with Crippen molar-refractivity contribution in [2.24, 2.45) is 0 Å². The number of benzene rings is 1. The summed E-state index contributed by atoms with van der Waals surface area (Å²) >= 11 is 1.03. The third-order valence-electron chi connectivity index (χ3n) is 2.83. The fraction of sp³-hybridized carbons (Fsp3) is 0.214. The minimum atomic E-state index is -1.13. The molecule has 6 heteroatoms. The van der Waals surface area contributed by atoms with E-state index in [4.69, 9.17) is 5.11 Å². The summed E-state index contributed by atoms with van der Waals surface area (Å²) < 4.78 is 0. The Morgan fingerprint density at radius 3 is 2.60 bits per heavy atom. The Balaban J connectivity index is 2.11. The van der Waals surface area contributed by atoms with Crippen LogP contribution in [0, 0.1) is 0 Å². The van der Waals surface area contributed by atoms with Gasteiger partial charge in [0, 0.05) is 5.38 Å². The molecule has 2 aromatic rings. The number of rotatable bonds is 5. The maximum atomic E-state index is 12.1. The van der Waals surface area contributed by atoms with E-state index in [1.807, 2.05) is 37.3 Å². The lowest BCUT2D eigenvalue weighted by atomic mass is 10.0. The third kappa shape index (κ3) is 3.21. The molecule has 1 aromatic heterocycles. The van der Waals surface area contributed by atoms with Crippen molar-refractivity contribution < 1.29 is 14.7 Å². The van der Waals surface area contributed by atoms with E-state index in [1.165, 1.54) is 5.38 Å². The van der Waals surface area contributed by atoms with Crippen LogP contribution in [0.25, 0.3) is 0 Å². The van der Waals surface area contributed by atoms with Gasteiger partial charge in [-0.15, -0.1) is 11.3 Å². The van der Waals surface area contributed by atoms with Gasteiger partial charge >= 0.3 is 5.97 Å². The van der Waals surface area contributed by atoms with Crippen LogP contribution in [0.1, 0.15) is 45.2 Å². The zero-order valence-corrected chi connectivity index (χ0v) is 11.7. The number of hydrogen-bond acceptors (Lipinski definition) is 4. The minimum absolute atomic E-state index is 0.104. The Kier molecular flexibility index (Phi) is 4.47. The molecule has 104 valence electrons. The highest BCUT2D eigenvalue weighted by molar-refractivity contribution is 7.11. The number of amides is 1. The van der Waals surface area contributed by atoms with Gasteiger partial charge in [-0.3, -0.25) is 4.79 Å². The van der Waals surface area contributed by atoms with Gasteiger partial charge in [-0.25, -0.2) is 9.78 Å². The zero-order valence-electron chi connectivity index (χ0n) is 10.9. The van der Waals surface area contributed by atoms with Crippen LogP contribution in [0.2, 0.25) is 0 Å². The summed E-state index contributed by atoms with van der Waals surface area (Å²) in [4.78, 5) is 26.6. The Labute approximate surface area is 120 Å². The quantitative estimate of drug-likeness (QED) is 0.887. The highest BCUT2D eigenvalue weighted by atomic mass is 32.1. The maximum absolute atomic E-state index is 12.1. The van der Waals surface area contributed by atoms with Crippen molar-refractivity contribution in [3.8, 4) is 0 Å². The van der Waals surface area contributed by atoms with E-state index in [1.54, 1.807) is 0 Å². The molecule has 0 fully saturated rings. The maximum Gasteiger partial charge on any atom is 0.355 e. The molecule has 0 aliphatic heterocycles. The summed E-state index contributed by atoms with van der Waals surface area (Å²) in [6.07, 6.45) is 0.743. The summed E-state index contributed by atoms with van der Waals surface area (Å²) in [5.41, 5.74) is 0.909. The van der Waals surface area contributed by atoms with Crippen LogP contribution in [-0.2, 0) is 0 Å². The van der Waals surface area contributed by atoms with Gasteiger partial charge in [0.05, 0.1) is 6.04 Å². The van der Waals surface area contributed by atoms with E-state index in [2.05, 4.69) is 10.3 Å². The van der Waals surface area contributed by atoms with Crippen LogP contribution in [0.3, 0.4) is 0 Å². The number of carbonyl (C=O) groups is 2. The first-order chi connectivity index (χ1) is 9.61. The van der Waals surface area contributed by atoms with E-state index in [0.717, 1.165) is 23.3 Å². The molecule has 5 nitrogen and oxygen atoms in total. The SMILES string of the molecule is CCC(NC(=O)c1nc(C(=O)O)cs1)c1ccccc1. The number of carboxylic acid groups (broad SMARTS) is 1. The number of aromatic nitrogens is 1. The van der Waals surface area contributed by atoms with E-state index < -0.39 is 5.97 Å². The van der Waals surface area contributed by atoms with Crippen molar-refractivity contribution in [2.75, 3.05) is 0 Å². The lowest BCUT2D eigenvalue weighted by Crippen LogP contribution is -2.28. The molecular weight excluding hydrogens is 276 g/mol. The second-order valence-corrected chi connectivity index (χ2v) is 5.05. The molecule has 0 aliphatic carbocycles.